The lowest BCUT2D eigenvalue weighted by molar-refractivity contribution is -0.122. The molecule has 5 amide bonds. The van der Waals surface area contributed by atoms with Gasteiger partial charge in [0, 0.05) is 10.7 Å². The summed E-state index contributed by atoms with van der Waals surface area (Å²) in [6, 6.07) is 13.9. The Hall–Kier alpha value is -3.85. The van der Waals surface area contributed by atoms with Gasteiger partial charge in [-0.05, 0) is 66.9 Å². The first-order valence-corrected chi connectivity index (χ1v) is 12.3. The molecule has 0 bridgehead atoms. The molecule has 0 radical (unpaired) electrons. The van der Waals surface area contributed by atoms with Crippen molar-refractivity contribution < 1.29 is 23.9 Å². The highest BCUT2D eigenvalue weighted by atomic mass is 35.5. The number of rotatable bonds is 6. The van der Waals surface area contributed by atoms with Gasteiger partial charge in [-0.25, -0.2) is 9.69 Å². The summed E-state index contributed by atoms with van der Waals surface area (Å²) in [6.45, 7) is 3.28. The minimum absolute atomic E-state index is 0.0509. The predicted molar refractivity (Wildman–Crippen MR) is 147 cm³/mol. The number of nitrogens with zero attached hydrogens (tertiary/aromatic N) is 1. The zero-order chi connectivity index (χ0) is 27.6. The van der Waals surface area contributed by atoms with Gasteiger partial charge in [0.05, 0.1) is 15.7 Å². The number of anilines is 2. The van der Waals surface area contributed by atoms with Crippen LogP contribution in [0.1, 0.15) is 16.7 Å². The smallest absolute Gasteiger partial charge is 0.335 e. The summed E-state index contributed by atoms with van der Waals surface area (Å²) in [4.78, 5) is 51.2. The normalized spacial score (nSPS) is 14.5. The first-order valence-electron chi connectivity index (χ1n) is 11.2. The van der Waals surface area contributed by atoms with Crippen molar-refractivity contribution in [3.05, 3.63) is 91.9 Å². The Bertz CT molecular complexity index is 1500. The molecule has 1 saturated heterocycles. The van der Waals surface area contributed by atoms with Crippen LogP contribution >= 0.6 is 34.8 Å². The van der Waals surface area contributed by atoms with Gasteiger partial charge < -0.3 is 10.1 Å². The number of barbiturate groups is 1. The number of urea groups is 1. The van der Waals surface area contributed by atoms with E-state index in [2.05, 4.69) is 10.6 Å². The molecule has 1 aliphatic heterocycles. The highest BCUT2D eigenvalue weighted by molar-refractivity contribution is 6.40. The van der Waals surface area contributed by atoms with Crippen LogP contribution in [0.5, 0.6) is 5.75 Å². The maximum atomic E-state index is 13.1. The van der Waals surface area contributed by atoms with Gasteiger partial charge in [0.15, 0.2) is 12.4 Å². The molecule has 194 valence electrons. The van der Waals surface area contributed by atoms with Gasteiger partial charge >= 0.3 is 6.03 Å². The van der Waals surface area contributed by atoms with Gasteiger partial charge in [-0.1, -0.05) is 59.1 Å². The van der Waals surface area contributed by atoms with E-state index < -0.39 is 23.8 Å². The van der Waals surface area contributed by atoms with Crippen molar-refractivity contribution in [2.75, 3.05) is 16.8 Å². The summed E-state index contributed by atoms with van der Waals surface area (Å²) in [5.41, 5.74) is 2.47. The minimum atomic E-state index is -0.902. The molecule has 8 nitrogen and oxygen atoms in total. The molecule has 4 rings (SSSR count). The van der Waals surface area contributed by atoms with Crippen LogP contribution in [0.15, 0.2) is 60.2 Å². The van der Waals surface area contributed by atoms with Gasteiger partial charge in [0.1, 0.15) is 5.57 Å². The van der Waals surface area contributed by atoms with Crippen LogP contribution in [0.3, 0.4) is 0 Å². The quantitative estimate of drug-likeness (QED) is 0.281. The molecule has 3 aromatic rings. The van der Waals surface area contributed by atoms with Crippen molar-refractivity contribution in [1.29, 1.82) is 0 Å². The van der Waals surface area contributed by atoms with E-state index in [9.17, 15) is 19.2 Å². The Morgan fingerprint density at radius 2 is 1.63 bits per heavy atom. The number of hydrogen-bond acceptors (Lipinski definition) is 5. The number of benzene rings is 3. The van der Waals surface area contributed by atoms with Crippen molar-refractivity contribution in [3.8, 4) is 5.75 Å². The largest absolute Gasteiger partial charge is 0.481 e. The van der Waals surface area contributed by atoms with Crippen LogP contribution < -0.4 is 20.3 Å². The molecule has 0 unspecified atom stereocenters. The number of ether oxygens (including phenoxy) is 1. The third-order valence-corrected chi connectivity index (χ3v) is 6.58. The molecule has 1 aliphatic rings. The number of aryl methyl sites for hydroxylation is 2. The number of carbonyl (C=O) groups is 4. The lowest BCUT2D eigenvalue weighted by Crippen LogP contribution is -2.54. The number of imide groups is 2. The van der Waals surface area contributed by atoms with E-state index in [1.165, 1.54) is 24.3 Å². The third kappa shape index (κ3) is 5.83. The number of halogens is 3. The van der Waals surface area contributed by atoms with Crippen molar-refractivity contribution >= 4 is 76.0 Å². The van der Waals surface area contributed by atoms with Crippen molar-refractivity contribution in [2.45, 2.75) is 13.8 Å². The summed E-state index contributed by atoms with van der Waals surface area (Å²) in [7, 11) is 0. The lowest BCUT2D eigenvalue weighted by Gasteiger charge is -2.26. The van der Waals surface area contributed by atoms with Crippen LogP contribution in [0.4, 0.5) is 16.2 Å². The van der Waals surface area contributed by atoms with Crippen molar-refractivity contribution in [3.63, 3.8) is 0 Å². The number of carbonyl (C=O) groups excluding carboxylic acids is 4. The Balaban J connectivity index is 1.54. The number of hydrogen-bond donors (Lipinski definition) is 2. The minimum Gasteiger partial charge on any atom is -0.481 e. The molecule has 2 N–H and O–H groups in total. The number of amides is 5. The Morgan fingerprint density at radius 1 is 0.947 bits per heavy atom. The summed E-state index contributed by atoms with van der Waals surface area (Å²) >= 11 is 18.8. The Kier molecular flexibility index (Phi) is 8.06. The Morgan fingerprint density at radius 3 is 2.29 bits per heavy atom. The van der Waals surface area contributed by atoms with Gasteiger partial charge in [-0.3, -0.25) is 19.7 Å². The first-order chi connectivity index (χ1) is 18.0. The highest BCUT2D eigenvalue weighted by Crippen LogP contribution is 2.35. The molecule has 0 aromatic heterocycles. The van der Waals surface area contributed by atoms with Crippen LogP contribution in [0.25, 0.3) is 6.08 Å². The van der Waals surface area contributed by atoms with E-state index in [0.29, 0.717) is 16.3 Å². The zero-order valence-electron chi connectivity index (χ0n) is 20.1. The standard InChI is InChI=1S/C27H20Cl3N3O5/c1-14-7-8-17(12-19(14)28)33-26(36)18(25(35)32-27(33)37)9-16-10-20(29)24(21(30)11-16)38-13-23(34)31-22-6-4-3-5-15(22)2/h3-12H,13H2,1-2H3,(H,31,34)(H,32,35,37)/b18-9+. The molecule has 0 saturated carbocycles. The van der Waals surface area contributed by atoms with E-state index in [1.54, 1.807) is 31.2 Å². The second-order valence-electron chi connectivity index (χ2n) is 8.36. The molecule has 0 spiro atoms. The fourth-order valence-electron chi connectivity index (χ4n) is 3.62. The molecule has 11 heteroatoms. The van der Waals surface area contributed by atoms with Crippen molar-refractivity contribution in [1.82, 2.24) is 5.32 Å². The molecule has 1 heterocycles. The van der Waals surface area contributed by atoms with Gasteiger partial charge in [-0.15, -0.1) is 0 Å². The van der Waals surface area contributed by atoms with E-state index in [1.807, 2.05) is 19.1 Å². The van der Waals surface area contributed by atoms with Crippen LogP contribution in [0, 0.1) is 13.8 Å². The predicted octanol–water partition coefficient (Wildman–Crippen LogP) is 5.95. The molecule has 38 heavy (non-hydrogen) atoms. The number of nitrogens with one attached hydrogen (secondary N) is 2. The summed E-state index contributed by atoms with van der Waals surface area (Å²) in [6.07, 6.45) is 1.25. The lowest BCUT2D eigenvalue weighted by atomic mass is 10.1. The van der Waals surface area contributed by atoms with Crippen LogP contribution in [-0.4, -0.2) is 30.4 Å². The summed E-state index contributed by atoms with van der Waals surface area (Å²) < 4.78 is 5.53. The van der Waals surface area contributed by atoms with E-state index >= 15 is 0 Å². The average Bonchev–Trinajstić information content (AvgIpc) is 2.85. The van der Waals surface area contributed by atoms with Crippen molar-refractivity contribution in [2.24, 2.45) is 0 Å². The molecule has 0 aliphatic carbocycles. The van der Waals surface area contributed by atoms with Gasteiger partial charge in [0.2, 0.25) is 0 Å². The monoisotopic (exact) mass is 571 g/mol. The van der Waals surface area contributed by atoms with Crippen LogP contribution in [-0.2, 0) is 14.4 Å². The first kappa shape index (κ1) is 27.2. The summed E-state index contributed by atoms with van der Waals surface area (Å²) in [5.74, 6) is -2.09. The maximum absolute atomic E-state index is 13.1. The second kappa shape index (κ2) is 11.3. The third-order valence-electron chi connectivity index (χ3n) is 5.61. The molecular weight excluding hydrogens is 553 g/mol. The fraction of sp³-hybridized carbons (Fsp3) is 0.111. The fourth-order valence-corrected chi connectivity index (χ4v) is 4.41. The van der Waals surface area contributed by atoms with Crippen LogP contribution in [0.2, 0.25) is 15.1 Å². The molecule has 3 aromatic carbocycles. The van der Waals surface area contributed by atoms with E-state index in [4.69, 9.17) is 39.5 Å². The highest BCUT2D eigenvalue weighted by Gasteiger charge is 2.37. The molecule has 1 fully saturated rings. The zero-order valence-corrected chi connectivity index (χ0v) is 22.4. The van der Waals surface area contributed by atoms with E-state index in [0.717, 1.165) is 16.0 Å². The Labute approximate surface area is 233 Å². The van der Waals surface area contributed by atoms with Gasteiger partial charge in [0.25, 0.3) is 17.7 Å². The SMILES string of the molecule is Cc1ccc(N2C(=O)NC(=O)/C(=C\c3cc(Cl)c(OCC(=O)Nc4ccccc4C)c(Cl)c3)C2=O)cc1Cl. The summed E-state index contributed by atoms with van der Waals surface area (Å²) in [5, 5.41) is 5.34. The molecule has 0 atom stereocenters. The second-order valence-corrected chi connectivity index (χ2v) is 9.58. The van der Waals surface area contributed by atoms with E-state index in [-0.39, 0.29) is 33.7 Å². The molecular formula is C27H20Cl3N3O5. The average molecular weight is 573 g/mol. The van der Waals surface area contributed by atoms with Gasteiger partial charge in [-0.2, -0.15) is 0 Å². The topological polar surface area (TPSA) is 105 Å². The maximum Gasteiger partial charge on any atom is 0.335 e. The number of para-hydroxylation sites is 1.